The van der Waals surface area contributed by atoms with Gasteiger partial charge in [0.15, 0.2) is 0 Å². The first kappa shape index (κ1) is 15.7. The fourth-order valence-electron chi connectivity index (χ4n) is 2.03. The van der Waals surface area contributed by atoms with Gasteiger partial charge in [0, 0.05) is 24.2 Å². The van der Waals surface area contributed by atoms with Gasteiger partial charge < -0.3 is 15.7 Å². The molecule has 1 amide bonds. The zero-order valence-corrected chi connectivity index (χ0v) is 12.2. The van der Waals surface area contributed by atoms with E-state index in [1.165, 1.54) is 5.56 Å². The highest BCUT2D eigenvalue weighted by molar-refractivity contribution is 5.91. The van der Waals surface area contributed by atoms with Gasteiger partial charge in [-0.1, -0.05) is 17.7 Å². The molecular formula is C15H24N2O2. The lowest BCUT2D eigenvalue weighted by Gasteiger charge is -2.18. The molecule has 0 aliphatic rings. The SMILES string of the molecule is Cc1ccc(NC(=O)CC(C)NC(C)CO)c(C)c1. The molecular weight excluding hydrogens is 240 g/mol. The van der Waals surface area contributed by atoms with E-state index >= 15 is 0 Å². The van der Waals surface area contributed by atoms with Gasteiger partial charge in [-0.15, -0.1) is 0 Å². The van der Waals surface area contributed by atoms with Gasteiger partial charge in [-0.05, 0) is 39.3 Å². The van der Waals surface area contributed by atoms with Crippen LogP contribution >= 0.6 is 0 Å². The molecule has 2 atom stereocenters. The number of anilines is 1. The third-order valence-corrected chi connectivity index (χ3v) is 2.99. The van der Waals surface area contributed by atoms with E-state index in [2.05, 4.69) is 10.6 Å². The van der Waals surface area contributed by atoms with Gasteiger partial charge in [-0.2, -0.15) is 0 Å². The Labute approximate surface area is 115 Å². The van der Waals surface area contributed by atoms with E-state index in [0.29, 0.717) is 6.42 Å². The smallest absolute Gasteiger partial charge is 0.225 e. The number of benzene rings is 1. The molecule has 4 nitrogen and oxygen atoms in total. The van der Waals surface area contributed by atoms with Gasteiger partial charge in [-0.3, -0.25) is 4.79 Å². The molecule has 0 saturated carbocycles. The molecule has 0 aromatic heterocycles. The highest BCUT2D eigenvalue weighted by Crippen LogP contribution is 2.16. The third kappa shape index (κ3) is 5.41. The van der Waals surface area contributed by atoms with Crippen LogP contribution in [0.5, 0.6) is 0 Å². The number of carbonyl (C=O) groups excluding carboxylic acids is 1. The van der Waals surface area contributed by atoms with E-state index in [4.69, 9.17) is 5.11 Å². The number of hydrogen-bond acceptors (Lipinski definition) is 3. The molecule has 0 bridgehead atoms. The van der Waals surface area contributed by atoms with Crippen LogP contribution in [0.25, 0.3) is 0 Å². The third-order valence-electron chi connectivity index (χ3n) is 2.99. The Morgan fingerprint density at radius 2 is 1.95 bits per heavy atom. The lowest BCUT2D eigenvalue weighted by atomic mass is 10.1. The Hall–Kier alpha value is -1.39. The first-order valence-electron chi connectivity index (χ1n) is 6.66. The Morgan fingerprint density at radius 3 is 2.53 bits per heavy atom. The second-order valence-corrected chi connectivity index (χ2v) is 5.22. The number of rotatable bonds is 6. The van der Waals surface area contributed by atoms with Crippen molar-refractivity contribution < 1.29 is 9.90 Å². The van der Waals surface area contributed by atoms with Crippen molar-refractivity contribution in [1.82, 2.24) is 5.32 Å². The number of nitrogens with one attached hydrogen (secondary N) is 2. The molecule has 4 heteroatoms. The summed E-state index contributed by atoms with van der Waals surface area (Å²) in [6.07, 6.45) is 0.387. The zero-order chi connectivity index (χ0) is 14.4. The number of aryl methyl sites for hydroxylation is 2. The number of hydrogen-bond donors (Lipinski definition) is 3. The number of aliphatic hydroxyl groups is 1. The summed E-state index contributed by atoms with van der Waals surface area (Å²) in [5, 5.41) is 15.0. The average Bonchev–Trinajstić information content (AvgIpc) is 2.32. The summed E-state index contributed by atoms with van der Waals surface area (Å²) >= 11 is 0. The molecule has 1 aromatic rings. The van der Waals surface area contributed by atoms with Crippen molar-refractivity contribution in [2.45, 2.75) is 46.2 Å². The van der Waals surface area contributed by atoms with Gasteiger partial charge in [0.25, 0.3) is 0 Å². The van der Waals surface area contributed by atoms with Crippen LogP contribution in [-0.2, 0) is 4.79 Å². The summed E-state index contributed by atoms with van der Waals surface area (Å²) in [7, 11) is 0. The Balaban J connectivity index is 2.51. The van der Waals surface area contributed by atoms with Crippen molar-refractivity contribution in [2.24, 2.45) is 0 Å². The van der Waals surface area contributed by atoms with E-state index in [1.54, 1.807) is 0 Å². The molecule has 1 aromatic carbocycles. The maximum absolute atomic E-state index is 11.9. The van der Waals surface area contributed by atoms with Crippen LogP contribution in [0.4, 0.5) is 5.69 Å². The van der Waals surface area contributed by atoms with Crippen molar-refractivity contribution in [2.75, 3.05) is 11.9 Å². The normalized spacial score (nSPS) is 13.9. The molecule has 106 valence electrons. The first-order chi connectivity index (χ1) is 8.92. The summed E-state index contributed by atoms with van der Waals surface area (Å²) in [4.78, 5) is 11.9. The van der Waals surface area contributed by atoms with Gasteiger partial charge >= 0.3 is 0 Å². The van der Waals surface area contributed by atoms with Crippen molar-refractivity contribution >= 4 is 11.6 Å². The largest absolute Gasteiger partial charge is 0.395 e. The van der Waals surface area contributed by atoms with Crippen LogP contribution in [0.15, 0.2) is 18.2 Å². The lowest BCUT2D eigenvalue weighted by Crippen LogP contribution is -2.38. The number of carbonyl (C=O) groups is 1. The van der Waals surface area contributed by atoms with Gasteiger partial charge in [-0.25, -0.2) is 0 Å². The molecule has 0 aliphatic heterocycles. The van der Waals surface area contributed by atoms with Crippen LogP contribution in [0.2, 0.25) is 0 Å². The van der Waals surface area contributed by atoms with E-state index in [0.717, 1.165) is 11.3 Å². The summed E-state index contributed by atoms with van der Waals surface area (Å²) < 4.78 is 0. The fraction of sp³-hybridized carbons (Fsp3) is 0.533. The zero-order valence-electron chi connectivity index (χ0n) is 12.2. The highest BCUT2D eigenvalue weighted by Gasteiger charge is 2.12. The van der Waals surface area contributed by atoms with E-state index in [1.807, 2.05) is 45.9 Å². The van der Waals surface area contributed by atoms with E-state index in [9.17, 15) is 4.79 Å². The summed E-state index contributed by atoms with van der Waals surface area (Å²) in [6, 6.07) is 6.00. The molecule has 0 heterocycles. The second-order valence-electron chi connectivity index (χ2n) is 5.22. The minimum atomic E-state index is -0.0166. The molecule has 0 spiro atoms. The monoisotopic (exact) mass is 264 g/mol. The molecule has 0 saturated heterocycles. The molecule has 3 N–H and O–H groups in total. The van der Waals surface area contributed by atoms with Crippen LogP contribution in [-0.4, -0.2) is 29.7 Å². The van der Waals surface area contributed by atoms with Crippen molar-refractivity contribution in [1.29, 1.82) is 0 Å². The van der Waals surface area contributed by atoms with Crippen molar-refractivity contribution in [3.05, 3.63) is 29.3 Å². The predicted molar refractivity (Wildman–Crippen MR) is 78.3 cm³/mol. The Kier molecular flexibility index (Phi) is 5.99. The maximum Gasteiger partial charge on any atom is 0.225 e. The maximum atomic E-state index is 11.9. The van der Waals surface area contributed by atoms with Crippen LogP contribution in [0.3, 0.4) is 0 Å². The standard InChI is InChI=1S/C15H24N2O2/c1-10-5-6-14(11(2)7-10)17-15(19)8-12(3)16-13(4)9-18/h5-7,12-13,16,18H,8-9H2,1-4H3,(H,17,19). The average molecular weight is 264 g/mol. The van der Waals surface area contributed by atoms with Crippen LogP contribution in [0, 0.1) is 13.8 Å². The minimum absolute atomic E-state index is 0.00362. The quantitative estimate of drug-likeness (QED) is 0.736. The minimum Gasteiger partial charge on any atom is -0.395 e. The van der Waals surface area contributed by atoms with Crippen LogP contribution in [0.1, 0.15) is 31.4 Å². The second kappa shape index (κ2) is 7.26. The summed E-state index contributed by atoms with van der Waals surface area (Å²) in [6.45, 7) is 7.91. The molecule has 0 fully saturated rings. The summed E-state index contributed by atoms with van der Waals surface area (Å²) in [5.41, 5.74) is 3.11. The topological polar surface area (TPSA) is 61.4 Å². The van der Waals surface area contributed by atoms with Gasteiger partial charge in [0.2, 0.25) is 5.91 Å². The Bertz CT molecular complexity index is 432. The van der Waals surface area contributed by atoms with Crippen molar-refractivity contribution in [3.8, 4) is 0 Å². The van der Waals surface area contributed by atoms with Crippen LogP contribution < -0.4 is 10.6 Å². The van der Waals surface area contributed by atoms with E-state index in [-0.39, 0.29) is 24.6 Å². The number of aliphatic hydroxyl groups excluding tert-OH is 1. The summed E-state index contributed by atoms with van der Waals surface area (Å²) in [5.74, 6) is -0.0166. The fourth-order valence-corrected chi connectivity index (χ4v) is 2.03. The predicted octanol–water partition coefficient (Wildman–Crippen LogP) is 1.99. The van der Waals surface area contributed by atoms with Crippen molar-refractivity contribution in [3.63, 3.8) is 0 Å². The highest BCUT2D eigenvalue weighted by atomic mass is 16.3. The number of amides is 1. The van der Waals surface area contributed by atoms with E-state index < -0.39 is 0 Å². The van der Waals surface area contributed by atoms with Gasteiger partial charge in [0.1, 0.15) is 0 Å². The molecule has 0 radical (unpaired) electrons. The molecule has 0 aliphatic carbocycles. The molecule has 19 heavy (non-hydrogen) atoms. The lowest BCUT2D eigenvalue weighted by molar-refractivity contribution is -0.116. The Morgan fingerprint density at radius 1 is 1.26 bits per heavy atom. The molecule has 2 unspecified atom stereocenters. The first-order valence-corrected chi connectivity index (χ1v) is 6.66. The van der Waals surface area contributed by atoms with Gasteiger partial charge in [0.05, 0.1) is 6.61 Å². The molecule has 1 rings (SSSR count).